The Morgan fingerprint density at radius 1 is 1.46 bits per heavy atom. The van der Waals surface area contributed by atoms with Gasteiger partial charge in [0, 0.05) is 12.6 Å². The van der Waals surface area contributed by atoms with Gasteiger partial charge < -0.3 is 15.2 Å². The van der Waals surface area contributed by atoms with Gasteiger partial charge in [-0.15, -0.1) is 0 Å². The summed E-state index contributed by atoms with van der Waals surface area (Å²) in [7, 11) is 3.13. The monoisotopic (exact) mass is 246 g/mol. The van der Waals surface area contributed by atoms with Crippen molar-refractivity contribution in [3.63, 3.8) is 0 Å². The van der Waals surface area contributed by atoms with Crippen LogP contribution in [0.1, 0.15) is 5.69 Å². The molecule has 13 heavy (non-hydrogen) atoms. The zero-order chi connectivity index (χ0) is 9.84. The molecule has 0 fully saturated rings. The molecule has 0 aliphatic carbocycles. The smallest absolute Gasteiger partial charge is 0.228 e. The summed E-state index contributed by atoms with van der Waals surface area (Å²) >= 11 is 3.30. The van der Waals surface area contributed by atoms with Gasteiger partial charge in [-0.2, -0.15) is 0 Å². The van der Waals surface area contributed by atoms with E-state index in [1.807, 2.05) is 0 Å². The van der Waals surface area contributed by atoms with Crippen LogP contribution in [0.2, 0.25) is 0 Å². The summed E-state index contributed by atoms with van der Waals surface area (Å²) in [6.45, 7) is 0.326. The number of methoxy groups -OCH3 is 2. The van der Waals surface area contributed by atoms with Gasteiger partial charge in [0.2, 0.25) is 5.88 Å². The first-order valence-corrected chi connectivity index (χ1v) is 4.49. The second-order valence-electron chi connectivity index (χ2n) is 2.33. The molecule has 0 amide bonds. The summed E-state index contributed by atoms with van der Waals surface area (Å²) in [6, 6.07) is 1.79. The van der Waals surface area contributed by atoms with Crippen molar-refractivity contribution in [1.29, 1.82) is 0 Å². The molecule has 1 aromatic rings. The van der Waals surface area contributed by atoms with Crippen molar-refractivity contribution in [3.8, 4) is 11.6 Å². The summed E-state index contributed by atoms with van der Waals surface area (Å²) in [5, 5.41) is 0. The predicted molar refractivity (Wildman–Crippen MR) is 52.9 cm³/mol. The summed E-state index contributed by atoms with van der Waals surface area (Å²) in [4.78, 5) is 4.16. The van der Waals surface area contributed by atoms with Crippen LogP contribution in [0.5, 0.6) is 11.6 Å². The highest BCUT2D eigenvalue weighted by atomic mass is 79.9. The molecule has 2 N–H and O–H groups in total. The van der Waals surface area contributed by atoms with Crippen molar-refractivity contribution in [2.24, 2.45) is 5.73 Å². The molecule has 0 unspecified atom stereocenters. The number of hydrogen-bond donors (Lipinski definition) is 1. The van der Waals surface area contributed by atoms with Crippen LogP contribution in [-0.4, -0.2) is 19.2 Å². The Hall–Kier alpha value is -0.810. The minimum absolute atomic E-state index is 0.326. The number of aromatic nitrogens is 1. The number of rotatable bonds is 3. The SMILES string of the molecule is COc1cc(Br)c(OC)nc1CN. The van der Waals surface area contributed by atoms with Crippen LogP contribution >= 0.6 is 15.9 Å². The van der Waals surface area contributed by atoms with Crippen molar-refractivity contribution >= 4 is 15.9 Å². The summed E-state index contributed by atoms with van der Waals surface area (Å²) in [6.07, 6.45) is 0. The molecule has 0 aliphatic rings. The van der Waals surface area contributed by atoms with Crippen LogP contribution < -0.4 is 15.2 Å². The number of nitrogens with two attached hydrogens (primary N) is 1. The molecule has 1 heterocycles. The molecule has 1 aromatic heterocycles. The number of halogens is 1. The van der Waals surface area contributed by atoms with Crippen molar-refractivity contribution in [2.45, 2.75) is 6.54 Å². The molecular weight excluding hydrogens is 236 g/mol. The lowest BCUT2D eigenvalue weighted by molar-refractivity contribution is 0.379. The van der Waals surface area contributed by atoms with E-state index in [9.17, 15) is 0 Å². The van der Waals surface area contributed by atoms with Crippen LogP contribution in [-0.2, 0) is 6.54 Å². The van der Waals surface area contributed by atoms with E-state index in [1.165, 1.54) is 0 Å². The molecule has 72 valence electrons. The first kappa shape index (κ1) is 10.3. The van der Waals surface area contributed by atoms with E-state index in [1.54, 1.807) is 20.3 Å². The number of nitrogens with zero attached hydrogens (tertiary/aromatic N) is 1. The Bertz CT molecular complexity index is 304. The number of hydrogen-bond acceptors (Lipinski definition) is 4. The van der Waals surface area contributed by atoms with Gasteiger partial charge in [-0.3, -0.25) is 0 Å². The van der Waals surface area contributed by atoms with E-state index in [0.29, 0.717) is 23.9 Å². The fourth-order valence-corrected chi connectivity index (χ4v) is 1.42. The Balaban J connectivity index is 3.18. The third-order valence-corrected chi connectivity index (χ3v) is 2.16. The summed E-state index contributed by atoms with van der Waals surface area (Å²) in [5.41, 5.74) is 6.17. The molecule has 5 heteroatoms. The maximum absolute atomic E-state index is 5.49. The maximum atomic E-state index is 5.49. The fraction of sp³-hybridized carbons (Fsp3) is 0.375. The largest absolute Gasteiger partial charge is 0.495 e. The first-order chi connectivity index (χ1) is 6.22. The van der Waals surface area contributed by atoms with Crippen LogP contribution in [0.25, 0.3) is 0 Å². The quantitative estimate of drug-likeness (QED) is 0.875. The minimum Gasteiger partial charge on any atom is -0.495 e. The zero-order valence-corrected chi connectivity index (χ0v) is 9.09. The van der Waals surface area contributed by atoms with E-state index in [2.05, 4.69) is 20.9 Å². The number of ether oxygens (including phenoxy) is 2. The van der Waals surface area contributed by atoms with Gasteiger partial charge in [0.25, 0.3) is 0 Å². The highest BCUT2D eigenvalue weighted by Gasteiger charge is 2.09. The van der Waals surface area contributed by atoms with Crippen molar-refractivity contribution in [2.75, 3.05) is 14.2 Å². The van der Waals surface area contributed by atoms with E-state index >= 15 is 0 Å². The van der Waals surface area contributed by atoms with Gasteiger partial charge in [0.05, 0.1) is 24.4 Å². The maximum Gasteiger partial charge on any atom is 0.228 e. The van der Waals surface area contributed by atoms with Gasteiger partial charge in [-0.25, -0.2) is 4.98 Å². The molecule has 0 saturated carbocycles. The first-order valence-electron chi connectivity index (χ1n) is 3.70. The van der Waals surface area contributed by atoms with E-state index in [0.717, 1.165) is 4.47 Å². The molecule has 0 spiro atoms. The third-order valence-electron chi connectivity index (χ3n) is 1.59. The van der Waals surface area contributed by atoms with Crippen molar-refractivity contribution in [3.05, 3.63) is 16.2 Å². The fourth-order valence-electron chi connectivity index (χ4n) is 0.957. The second-order valence-corrected chi connectivity index (χ2v) is 3.19. The van der Waals surface area contributed by atoms with E-state index < -0.39 is 0 Å². The van der Waals surface area contributed by atoms with Crippen molar-refractivity contribution in [1.82, 2.24) is 4.98 Å². The van der Waals surface area contributed by atoms with Crippen LogP contribution in [0.4, 0.5) is 0 Å². The second kappa shape index (κ2) is 4.43. The topological polar surface area (TPSA) is 57.4 Å². The highest BCUT2D eigenvalue weighted by Crippen LogP contribution is 2.28. The van der Waals surface area contributed by atoms with Crippen LogP contribution in [0.15, 0.2) is 10.5 Å². The standard InChI is InChI=1S/C8H11BrN2O2/c1-12-7-3-5(9)8(13-2)11-6(7)4-10/h3H,4,10H2,1-2H3. The highest BCUT2D eigenvalue weighted by molar-refractivity contribution is 9.10. The lowest BCUT2D eigenvalue weighted by Gasteiger charge is -2.09. The molecular formula is C8H11BrN2O2. The number of pyridine rings is 1. The van der Waals surface area contributed by atoms with Gasteiger partial charge in [-0.05, 0) is 15.9 Å². The summed E-state index contributed by atoms with van der Waals surface area (Å²) < 4.78 is 10.9. The minimum atomic E-state index is 0.326. The zero-order valence-electron chi connectivity index (χ0n) is 7.50. The average Bonchev–Trinajstić information content (AvgIpc) is 2.17. The lowest BCUT2D eigenvalue weighted by Crippen LogP contribution is -2.04. The predicted octanol–water partition coefficient (Wildman–Crippen LogP) is 1.32. The van der Waals surface area contributed by atoms with Crippen LogP contribution in [0.3, 0.4) is 0 Å². The molecule has 4 nitrogen and oxygen atoms in total. The Kier molecular flexibility index (Phi) is 3.50. The molecule has 0 atom stereocenters. The van der Waals surface area contributed by atoms with E-state index in [4.69, 9.17) is 15.2 Å². The van der Waals surface area contributed by atoms with Gasteiger partial charge in [0.1, 0.15) is 5.75 Å². The van der Waals surface area contributed by atoms with Gasteiger partial charge >= 0.3 is 0 Å². The average molecular weight is 247 g/mol. The van der Waals surface area contributed by atoms with Gasteiger partial charge in [0.15, 0.2) is 0 Å². The molecule has 0 bridgehead atoms. The molecule has 0 radical (unpaired) electrons. The Morgan fingerprint density at radius 3 is 2.62 bits per heavy atom. The van der Waals surface area contributed by atoms with Crippen molar-refractivity contribution < 1.29 is 9.47 Å². The third kappa shape index (κ3) is 2.10. The lowest BCUT2D eigenvalue weighted by atomic mass is 10.3. The Morgan fingerprint density at radius 2 is 2.15 bits per heavy atom. The molecule has 1 rings (SSSR count). The van der Waals surface area contributed by atoms with E-state index in [-0.39, 0.29) is 0 Å². The normalized spacial score (nSPS) is 9.85. The molecule has 0 saturated heterocycles. The molecule has 0 aliphatic heterocycles. The van der Waals surface area contributed by atoms with Gasteiger partial charge in [-0.1, -0.05) is 0 Å². The Labute approximate surface area is 85.2 Å². The van der Waals surface area contributed by atoms with Crippen LogP contribution in [0, 0.1) is 0 Å². The summed E-state index contributed by atoms with van der Waals surface area (Å²) in [5.74, 6) is 1.18. The molecule has 0 aromatic carbocycles.